The lowest BCUT2D eigenvalue weighted by Gasteiger charge is -2.27. The molecule has 0 bridgehead atoms. The van der Waals surface area contributed by atoms with E-state index in [1.807, 2.05) is 36.2 Å². The van der Waals surface area contributed by atoms with Crippen molar-refractivity contribution in [2.24, 2.45) is 4.99 Å². The van der Waals surface area contributed by atoms with E-state index in [0.29, 0.717) is 5.25 Å². The van der Waals surface area contributed by atoms with Crippen LogP contribution >= 0.6 is 11.8 Å². The van der Waals surface area contributed by atoms with Gasteiger partial charge in [-0.15, -0.1) is 0 Å². The van der Waals surface area contributed by atoms with Crippen LogP contribution in [0, 0.1) is 0 Å². The second-order valence-electron chi connectivity index (χ2n) is 6.88. The Hall–Kier alpha value is -2.01. The maximum absolute atomic E-state index is 5.91. The lowest BCUT2D eigenvalue weighted by molar-refractivity contribution is 0.241. The molecule has 0 N–H and O–H groups in total. The molecule has 4 nitrogen and oxygen atoms in total. The number of hydrogen-bond donors (Lipinski definition) is 0. The van der Waals surface area contributed by atoms with Crippen molar-refractivity contribution in [3.8, 4) is 5.75 Å². The summed E-state index contributed by atoms with van der Waals surface area (Å²) in [6.07, 6.45) is 2.02. The van der Waals surface area contributed by atoms with E-state index < -0.39 is 0 Å². The summed E-state index contributed by atoms with van der Waals surface area (Å²) >= 11 is 1.86. The number of rotatable bonds is 4. The number of amidine groups is 1. The summed E-state index contributed by atoms with van der Waals surface area (Å²) in [7, 11) is 0. The Bertz CT molecular complexity index is 778. The monoisotopic (exact) mass is 353 g/mol. The van der Waals surface area contributed by atoms with Crippen molar-refractivity contribution in [1.29, 1.82) is 0 Å². The lowest BCUT2D eigenvalue weighted by atomic mass is 9.96. The van der Waals surface area contributed by atoms with E-state index in [9.17, 15) is 0 Å². The van der Waals surface area contributed by atoms with E-state index in [4.69, 9.17) is 9.73 Å². The first-order valence-electron chi connectivity index (χ1n) is 8.80. The molecule has 5 heteroatoms. The quantitative estimate of drug-likeness (QED) is 0.813. The van der Waals surface area contributed by atoms with Crippen LogP contribution in [-0.2, 0) is 0 Å². The summed E-state index contributed by atoms with van der Waals surface area (Å²) in [6.45, 7) is 7.39. The molecule has 2 aliphatic rings. The number of nitrogens with zero attached hydrogens (tertiary/aromatic N) is 3. The Balaban J connectivity index is 1.72. The zero-order valence-electron chi connectivity index (χ0n) is 14.8. The van der Waals surface area contributed by atoms with E-state index in [0.717, 1.165) is 23.2 Å². The van der Waals surface area contributed by atoms with Gasteiger partial charge in [0.15, 0.2) is 5.17 Å². The lowest BCUT2D eigenvalue weighted by Crippen LogP contribution is -2.28. The average Bonchev–Trinajstić information content (AvgIpc) is 3.11. The van der Waals surface area contributed by atoms with Crippen molar-refractivity contribution in [3.05, 3.63) is 59.9 Å². The molecule has 0 amide bonds. The van der Waals surface area contributed by atoms with Crippen LogP contribution in [0.15, 0.2) is 53.7 Å². The van der Waals surface area contributed by atoms with Crippen LogP contribution in [0.5, 0.6) is 5.75 Å². The van der Waals surface area contributed by atoms with Gasteiger partial charge in [-0.25, -0.2) is 0 Å². The minimum absolute atomic E-state index is 0.0329. The summed E-state index contributed by atoms with van der Waals surface area (Å²) in [5.41, 5.74) is 2.26. The molecule has 0 spiro atoms. The number of fused-ring (bicyclic) bond motifs is 1. The molecule has 2 aromatic rings. The first kappa shape index (κ1) is 16.5. The van der Waals surface area contributed by atoms with Crippen molar-refractivity contribution in [2.75, 3.05) is 6.54 Å². The minimum Gasteiger partial charge on any atom is -0.491 e. The number of ether oxygens (including phenoxy) is 1. The first-order chi connectivity index (χ1) is 12.1. The molecule has 1 saturated heterocycles. The average molecular weight is 353 g/mol. The number of thioether (sulfide) groups is 1. The van der Waals surface area contributed by atoms with Crippen molar-refractivity contribution >= 4 is 16.9 Å². The largest absolute Gasteiger partial charge is 0.491 e. The van der Waals surface area contributed by atoms with Crippen molar-refractivity contribution < 1.29 is 4.74 Å². The molecule has 0 unspecified atom stereocenters. The van der Waals surface area contributed by atoms with Crippen LogP contribution in [0.3, 0.4) is 0 Å². The molecule has 0 radical (unpaired) electrons. The maximum atomic E-state index is 5.91. The third kappa shape index (κ3) is 3.25. The van der Waals surface area contributed by atoms with Gasteiger partial charge in [0.05, 0.1) is 17.8 Å². The zero-order chi connectivity index (χ0) is 17.4. The van der Waals surface area contributed by atoms with E-state index >= 15 is 0 Å². The normalized spacial score (nSPS) is 25.2. The van der Waals surface area contributed by atoms with Crippen LogP contribution in [0.2, 0.25) is 0 Å². The van der Waals surface area contributed by atoms with Gasteiger partial charge in [0.2, 0.25) is 0 Å². The predicted molar refractivity (Wildman–Crippen MR) is 103 cm³/mol. The zero-order valence-corrected chi connectivity index (χ0v) is 15.6. The summed E-state index contributed by atoms with van der Waals surface area (Å²) in [6, 6.07) is 14.7. The van der Waals surface area contributed by atoms with Crippen LogP contribution in [0.4, 0.5) is 0 Å². The van der Waals surface area contributed by atoms with Gasteiger partial charge in [-0.3, -0.25) is 9.98 Å². The van der Waals surface area contributed by atoms with Gasteiger partial charge in [-0.2, -0.15) is 0 Å². The highest BCUT2D eigenvalue weighted by molar-refractivity contribution is 8.14. The Kier molecular flexibility index (Phi) is 4.42. The fourth-order valence-corrected chi connectivity index (χ4v) is 4.62. The van der Waals surface area contributed by atoms with Gasteiger partial charge in [0, 0.05) is 18.0 Å². The molecule has 3 heterocycles. The standard InChI is InChI=1S/C20H23N3OS/c1-13(2)24-16-8-6-7-15(11-16)19-18(17-9-4-5-10-21-17)22-20-23(19)12-14(3)25-20/h4-11,13-14,18-19H,12H2,1-3H3/t14-,18-,19-/m1/s1. The van der Waals surface area contributed by atoms with Gasteiger partial charge in [0.1, 0.15) is 11.8 Å². The van der Waals surface area contributed by atoms with Gasteiger partial charge in [-0.05, 0) is 43.7 Å². The van der Waals surface area contributed by atoms with Gasteiger partial charge < -0.3 is 9.64 Å². The van der Waals surface area contributed by atoms with Crippen LogP contribution in [-0.4, -0.2) is 33.0 Å². The third-order valence-corrected chi connectivity index (χ3v) is 5.55. The molecular formula is C20H23N3OS. The first-order valence-corrected chi connectivity index (χ1v) is 9.68. The van der Waals surface area contributed by atoms with Gasteiger partial charge >= 0.3 is 0 Å². The highest BCUT2D eigenvalue weighted by atomic mass is 32.2. The third-order valence-electron chi connectivity index (χ3n) is 4.45. The summed E-state index contributed by atoms with van der Waals surface area (Å²) in [5, 5.41) is 1.71. The molecule has 3 atom stereocenters. The number of aromatic nitrogens is 1. The number of aliphatic imine (C=N–C) groups is 1. The molecule has 1 fully saturated rings. The minimum atomic E-state index is 0.0329. The van der Waals surface area contributed by atoms with Crippen molar-refractivity contribution in [3.63, 3.8) is 0 Å². The highest BCUT2D eigenvalue weighted by Crippen LogP contribution is 2.47. The molecular weight excluding hydrogens is 330 g/mol. The Morgan fingerprint density at radius 2 is 2.08 bits per heavy atom. The van der Waals surface area contributed by atoms with E-state index in [2.05, 4.69) is 54.9 Å². The highest BCUT2D eigenvalue weighted by Gasteiger charge is 2.43. The molecule has 1 aromatic heterocycles. The second-order valence-corrected chi connectivity index (χ2v) is 8.28. The molecule has 0 saturated carbocycles. The Labute approximate surface area is 153 Å². The molecule has 4 rings (SSSR count). The molecule has 130 valence electrons. The Morgan fingerprint density at radius 1 is 1.20 bits per heavy atom. The summed E-state index contributed by atoms with van der Waals surface area (Å²) < 4.78 is 5.91. The maximum Gasteiger partial charge on any atom is 0.160 e. The van der Waals surface area contributed by atoms with Gasteiger partial charge in [0.25, 0.3) is 0 Å². The summed E-state index contributed by atoms with van der Waals surface area (Å²) in [5.74, 6) is 0.917. The van der Waals surface area contributed by atoms with E-state index in [-0.39, 0.29) is 18.2 Å². The summed E-state index contributed by atoms with van der Waals surface area (Å²) in [4.78, 5) is 12.0. The molecule has 25 heavy (non-hydrogen) atoms. The van der Waals surface area contributed by atoms with E-state index in [1.54, 1.807) is 0 Å². The Morgan fingerprint density at radius 3 is 2.84 bits per heavy atom. The van der Waals surface area contributed by atoms with Crippen molar-refractivity contribution in [1.82, 2.24) is 9.88 Å². The second kappa shape index (κ2) is 6.71. The molecule has 0 aliphatic carbocycles. The fourth-order valence-electron chi connectivity index (χ4n) is 3.52. The van der Waals surface area contributed by atoms with Crippen molar-refractivity contribution in [2.45, 2.75) is 44.2 Å². The number of pyridine rings is 1. The number of hydrogen-bond acceptors (Lipinski definition) is 5. The predicted octanol–water partition coefficient (Wildman–Crippen LogP) is 4.46. The topological polar surface area (TPSA) is 37.7 Å². The van der Waals surface area contributed by atoms with Crippen LogP contribution in [0.25, 0.3) is 0 Å². The smallest absolute Gasteiger partial charge is 0.160 e. The van der Waals surface area contributed by atoms with Crippen LogP contribution in [0.1, 0.15) is 44.1 Å². The van der Waals surface area contributed by atoms with Gasteiger partial charge in [-0.1, -0.05) is 36.9 Å². The molecule has 2 aliphatic heterocycles. The molecule has 1 aromatic carbocycles. The number of benzene rings is 1. The fraction of sp³-hybridized carbons (Fsp3) is 0.400. The van der Waals surface area contributed by atoms with Crippen LogP contribution < -0.4 is 4.74 Å². The SMILES string of the molecule is CC(C)Oc1cccc([C@@H]2[C@@H](c3ccccn3)N=C3S[C@H](C)CN32)c1. The van der Waals surface area contributed by atoms with E-state index in [1.165, 1.54) is 5.56 Å².